The van der Waals surface area contributed by atoms with E-state index in [-0.39, 0.29) is 29.7 Å². The summed E-state index contributed by atoms with van der Waals surface area (Å²) in [5, 5.41) is 2.77. The Morgan fingerprint density at radius 3 is 2.74 bits per heavy atom. The molecule has 8 heteroatoms. The Balaban J connectivity index is 1.84. The van der Waals surface area contributed by atoms with Crippen LogP contribution in [0.3, 0.4) is 0 Å². The van der Waals surface area contributed by atoms with E-state index in [1.165, 1.54) is 4.90 Å². The molecule has 1 saturated heterocycles. The summed E-state index contributed by atoms with van der Waals surface area (Å²) in [7, 11) is -1.38. The lowest BCUT2D eigenvalue weighted by Gasteiger charge is -2.23. The van der Waals surface area contributed by atoms with Gasteiger partial charge in [0, 0.05) is 31.9 Å². The van der Waals surface area contributed by atoms with E-state index in [9.17, 15) is 13.2 Å². The second-order valence-electron chi connectivity index (χ2n) is 6.00. The molecule has 1 aliphatic heterocycles. The Kier molecular flexibility index (Phi) is 5.46. The van der Waals surface area contributed by atoms with Crippen LogP contribution in [0.1, 0.15) is 25.8 Å². The third-order valence-electron chi connectivity index (χ3n) is 3.67. The monoisotopic (exact) mass is 341 g/mol. The van der Waals surface area contributed by atoms with Crippen molar-refractivity contribution in [3.63, 3.8) is 0 Å². The molecule has 1 N–H and O–H groups in total. The molecule has 128 valence electrons. The van der Waals surface area contributed by atoms with Crippen molar-refractivity contribution < 1.29 is 17.9 Å². The van der Waals surface area contributed by atoms with Crippen LogP contribution >= 0.6 is 0 Å². The average Bonchev–Trinajstić information content (AvgIpc) is 2.85. The van der Waals surface area contributed by atoms with Crippen LogP contribution in [-0.2, 0) is 16.4 Å². The minimum atomic E-state index is -3.00. The number of carbonyl (C=O) groups excluding carboxylic acids is 1. The molecule has 0 aliphatic carbocycles. The summed E-state index contributed by atoms with van der Waals surface area (Å²) in [6, 6.07) is 3.06. The minimum Gasteiger partial charge on any atom is -0.475 e. The quantitative estimate of drug-likeness (QED) is 0.869. The summed E-state index contributed by atoms with van der Waals surface area (Å²) >= 11 is 0. The molecule has 1 atom stereocenters. The lowest BCUT2D eigenvalue weighted by Crippen LogP contribution is -2.43. The van der Waals surface area contributed by atoms with Gasteiger partial charge in [-0.2, -0.15) is 0 Å². The fourth-order valence-electron chi connectivity index (χ4n) is 2.38. The van der Waals surface area contributed by atoms with Crippen molar-refractivity contribution in [1.82, 2.24) is 15.2 Å². The SMILES string of the molecule is CC(C)Oc1ccc(CNC(=O)N(C)C2CCS(=O)(=O)C2)cn1. The van der Waals surface area contributed by atoms with Crippen LogP contribution < -0.4 is 10.1 Å². The van der Waals surface area contributed by atoms with Gasteiger partial charge in [-0.25, -0.2) is 18.2 Å². The number of nitrogens with zero attached hydrogens (tertiary/aromatic N) is 2. The van der Waals surface area contributed by atoms with E-state index in [1.807, 2.05) is 19.9 Å². The molecule has 1 aliphatic rings. The number of carbonyl (C=O) groups is 1. The number of ether oxygens (including phenoxy) is 1. The molecule has 1 fully saturated rings. The summed E-state index contributed by atoms with van der Waals surface area (Å²) in [6.07, 6.45) is 2.21. The average molecular weight is 341 g/mol. The highest BCUT2D eigenvalue weighted by atomic mass is 32.2. The van der Waals surface area contributed by atoms with Crippen LogP contribution in [0.25, 0.3) is 0 Å². The number of rotatable bonds is 5. The van der Waals surface area contributed by atoms with E-state index in [1.54, 1.807) is 19.3 Å². The summed E-state index contributed by atoms with van der Waals surface area (Å²) in [4.78, 5) is 17.7. The van der Waals surface area contributed by atoms with Gasteiger partial charge in [-0.1, -0.05) is 6.07 Å². The zero-order valence-electron chi connectivity index (χ0n) is 13.7. The lowest BCUT2D eigenvalue weighted by atomic mass is 10.2. The molecule has 2 amide bonds. The van der Waals surface area contributed by atoms with E-state index >= 15 is 0 Å². The first kappa shape index (κ1) is 17.5. The molecule has 2 heterocycles. The first-order valence-electron chi connectivity index (χ1n) is 7.59. The van der Waals surface area contributed by atoms with Crippen LogP contribution in [-0.4, -0.2) is 55.0 Å². The number of hydrogen-bond acceptors (Lipinski definition) is 5. The Morgan fingerprint density at radius 1 is 1.48 bits per heavy atom. The topological polar surface area (TPSA) is 88.6 Å². The zero-order chi connectivity index (χ0) is 17.0. The number of nitrogens with one attached hydrogen (secondary N) is 1. The maximum Gasteiger partial charge on any atom is 0.317 e. The fraction of sp³-hybridized carbons (Fsp3) is 0.600. The summed E-state index contributed by atoms with van der Waals surface area (Å²) < 4.78 is 28.4. The Morgan fingerprint density at radius 2 is 2.22 bits per heavy atom. The normalized spacial score (nSPS) is 19.6. The maximum atomic E-state index is 12.1. The van der Waals surface area contributed by atoms with Gasteiger partial charge >= 0.3 is 6.03 Å². The molecule has 1 aromatic heterocycles. The lowest BCUT2D eigenvalue weighted by molar-refractivity contribution is 0.194. The molecule has 7 nitrogen and oxygen atoms in total. The molecule has 0 radical (unpaired) electrons. The highest BCUT2D eigenvalue weighted by Crippen LogP contribution is 2.16. The molecule has 0 aromatic carbocycles. The number of sulfone groups is 1. The third-order valence-corrected chi connectivity index (χ3v) is 5.42. The van der Waals surface area contributed by atoms with Gasteiger partial charge in [0.05, 0.1) is 17.6 Å². The summed E-state index contributed by atoms with van der Waals surface area (Å²) in [5.74, 6) is 0.735. The van der Waals surface area contributed by atoms with Gasteiger partial charge in [0.15, 0.2) is 9.84 Å². The Hall–Kier alpha value is -1.83. The highest BCUT2D eigenvalue weighted by Gasteiger charge is 2.32. The van der Waals surface area contributed by atoms with Gasteiger partial charge in [-0.05, 0) is 25.8 Å². The Bertz CT molecular complexity index is 643. The van der Waals surface area contributed by atoms with Crippen molar-refractivity contribution in [2.75, 3.05) is 18.6 Å². The minimum absolute atomic E-state index is 0.0414. The van der Waals surface area contributed by atoms with E-state index in [0.717, 1.165) is 5.56 Å². The highest BCUT2D eigenvalue weighted by molar-refractivity contribution is 7.91. The van der Waals surface area contributed by atoms with E-state index < -0.39 is 9.84 Å². The second-order valence-corrected chi connectivity index (χ2v) is 8.23. The number of amides is 2. The van der Waals surface area contributed by atoms with Crippen LogP contribution in [0.5, 0.6) is 5.88 Å². The van der Waals surface area contributed by atoms with E-state index in [2.05, 4.69) is 10.3 Å². The smallest absolute Gasteiger partial charge is 0.317 e. The van der Waals surface area contributed by atoms with Gasteiger partial charge in [-0.15, -0.1) is 0 Å². The van der Waals surface area contributed by atoms with E-state index in [0.29, 0.717) is 18.8 Å². The van der Waals surface area contributed by atoms with Gasteiger partial charge in [-0.3, -0.25) is 0 Å². The number of pyridine rings is 1. The number of aromatic nitrogens is 1. The second kappa shape index (κ2) is 7.16. The number of hydrogen-bond donors (Lipinski definition) is 1. The first-order chi connectivity index (χ1) is 10.8. The molecule has 0 saturated carbocycles. The van der Waals surface area contributed by atoms with Gasteiger partial charge in [0.25, 0.3) is 0 Å². The van der Waals surface area contributed by atoms with Crippen LogP contribution in [0.4, 0.5) is 4.79 Å². The molecule has 2 rings (SSSR count). The molecule has 0 bridgehead atoms. The third kappa shape index (κ3) is 5.09. The van der Waals surface area contributed by atoms with Crippen molar-refractivity contribution in [1.29, 1.82) is 0 Å². The molecular weight excluding hydrogens is 318 g/mol. The fourth-order valence-corrected chi connectivity index (χ4v) is 4.15. The van der Waals surface area contributed by atoms with Gasteiger partial charge in [0.2, 0.25) is 5.88 Å². The van der Waals surface area contributed by atoms with Crippen LogP contribution in [0.2, 0.25) is 0 Å². The standard InChI is InChI=1S/C15H23N3O4S/c1-11(2)22-14-5-4-12(8-16-14)9-17-15(19)18(3)13-6-7-23(20,21)10-13/h4-5,8,11,13H,6-7,9-10H2,1-3H3,(H,17,19). The summed E-state index contributed by atoms with van der Waals surface area (Å²) in [6.45, 7) is 4.18. The van der Waals surface area contributed by atoms with Crippen LogP contribution in [0, 0.1) is 0 Å². The molecule has 0 spiro atoms. The van der Waals surface area contributed by atoms with Crippen LogP contribution in [0.15, 0.2) is 18.3 Å². The molecule has 1 aromatic rings. The van der Waals surface area contributed by atoms with Gasteiger partial charge < -0.3 is 15.0 Å². The van der Waals surface area contributed by atoms with Crippen molar-refractivity contribution in [2.45, 2.75) is 39.0 Å². The molecule has 1 unspecified atom stereocenters. The van der Waals surface area contributed by atoms with Crippen molar-refractivity contribution in [3.05, 3.63) is 23.9 Å². The number of urea groups is 1. The van der Waals surface area contributed by atoms with Crippen molar-refractivity contribution in [2.24, 2.45) is 0 Å². The van der Waals surface area contributed by atoms with E-state index in [4.69, 9.17) is 4.74 Å². The van der Waals surface area contributed by atoms with Crippen molar-refractivity contribution >= 4 is 15.9 Å². The maximum absolute atomic E-state index is 12.1. The predicted molar refractivity (Wildman–Crippen MR) is 87.1 cm³/mol. The molecular formula is C15H23N3O4S. The predicted octanol–water partition coefficient (Wildman–Crippen LogP) is 1.20. The summed E-state index contributed by atoms with van der Waals surface area (Å²) in [5.41, 5.74) is 0.849. The largest absolute Gasteiger partial charge is 0.475 e. The van der Waals surface area contributed by atoms with Crippen molar-refractivity contribution in [3.8, 4) is 5.88 Å². The molecule has 23 heavy (non-hydrogen) atoms. The Labute approximate surface area is 137 Å². The first-order valence-corrected chi connectivity index (χ1v) is 9.41. The zero-order valence-corrected chi connectivity index (χ0v) is 14.5. The van der Waals surface area contributed by atoms with Gasteiger partial charge in [0.1, 0.15) is 0 Å².